The molecule has 0 spiro atoms. The Labute approximate surface area is 63.9 Å². The van der Waals surface area contributed by atoms with E-state index in [0.717, 1.165) is 10.5 Å². The predicted molar refractivity (Wildman–Crippen MR) is 42.4 cm³/mol. The number of hydrogen-bond donors (Lipinski definition) is 0. The minimum absolute atomic E-state index is 0.799. The van der Waals surface area contributed by atoms with Crippen molar-refractivity contribution in [2.45, 2.75) is 0 Å². The third-order valence-electron chi connectivity index (χ3n) is 1.51. The van der Waals surface area contributed by atoms with Crippen molar-refractivity contribution < 1.29 is 0 Å². The highest BCUT2D eigenvalue weighted by molar-refractivity contribution is 6.33. The molecule has 2 aromatic rings. The molecule has 0 aliphatic carbocycles. The van der Waals surface area contributed by atoms with E-state index in [9.17, 15) is 0 Å². The Kier molecular flexibility index (Phi) is 1.18. The Morgan fingerprint density at radius 1 is 1.10 bits per heavy atom. The Balaban J connectivity index is 2.95. The summed E-state index contributed by atoms with van der Waals surface area (Å²) < 4.78 is 1.99. The molecule has 10 heavy (non-hydrogen) atoms. The van der Waals surface area contributed by atoms with E-state index in [1.807, 2.05) is 41.1 Å². The molecule has 0 aliphatic rings. The van der Waals surface area contributed by atoms with E-state index in [4.69, 9.17) is 11.6 Å². The standard InChI is InChI=1S/C8H6ClN/c9-7-3-1-5-10-6-2-4-8(7)10/h1-6H. The molecular formula is C8H6ClN. The molecule has 2 aromatic heterocycles. The van der Waals surface area contributed by atoms with E-state index < -0.39 is 0 Å². The second-order valence-electron chi connectivity index (χ2n) is 2.16. The molecule has 0 amide bonds. The first-order chi connectivity index (χ1) is 4.88. The van der Waals surface area contributed by atoms with Crippen LogP contribution in [-0.2, 0) is 0 Å². The molecule has 0 saturated carbocycles. The maximum absolute atomic E-state index is 5.88. The number of aromatic nitrogens is 1. The van der Waals surface area contributed by atoms with Crippen molar-refractivity contribution in [3.8, 4) is 0 Å². The molecule has 2 rings (SSSR count). The third kappa shape index (κ3) is 0.711. The Hall–Kier alpha value is -0.950. The van der Waals surface area contributed by atoms with Gasteiger partial charge in [0.2, 0.25) is 0 Å². The van der Waals surface area contributed by atoms with Crippen LogP contribution in [0.25, 0.3) is 5.52 Å². The van der Waals surface area contributed by atoms with Gasteiger partial charge in [-0.2, -0.15) is 0 Å². The second kappa shape index (κ2) is 2.03. The maximum atomic E-state index is 5.88. The smallest absolute Gasteiger partial charge is 0.0646 e. The molecule has 0 N–H and O–H groups in total. The van der Waals surface area contributed by atoms with E-state index in [0.29, 0.717) is 0 Å². The van der Waals surface area contributed by atoms with Crippen LogP contribution in [0.4, 0.5) is 0 Å². The van der Waals surface area contributed by atoms with Crippen LogP contribution in [0, 0.1) is 0 Å². The van der Waals surface area contributed by atoms with E-state index in [1.54, 1.807) is 0 Å². The van der Waals surface area contributed by atoms with Crippen molar-refractivity contribution in [2.24, 2.45) is 0 Å². The van der Waals surface area contributed by atoms with Crippen molar-refractivity contribution in [2.75, 3.05) is 0 Å². The second-order valence-corrected chi connectivity index (χ2v) is 2.56. The van der Waals surface area contributed by atoms with Gasteiger partial charge in [0.25, 0.3) is 0 Å². The first-order valence-corrected chi connectivity index (χ1v) is 3.47. The van der Waals surface area contributed by atoms with Gasteiger partial charge in [-0.15, -0.1) is 0 Å². The fourth-order valence-corrected chi connectivity index (χ4v) is 1.27. The zero-order chi connectivity index (χ0) is 6.97. The van der Waals surface area contributed by atoms with Crippen LogP contribution in [-0.4, -0.2) is 4.40 Å². The van der Waals surface area contributed by atoms with Crippen LogP contribution in [0.3, 0.4) is 0 Å². The molecule has 0 saturated heterocycles. The van der Waals surface area contributed by atoms with Gasteiger partial charge in [0.05, 0.1) is 10.5 Å². The lowest BCUT2D eigenvalue weighted by molar-refractivity contribution is 1.20. The van der Waals surface area contributed by atoms with E-state index in [1.165, 1.54) is 0 Å². The highest BCUT2D eigenvalue weighted by Crippen LogP contribution is 2.15. The van der Waals surface area contributed by atoms with Crippen LogP contribution < -0.4 is 0 Å². The summed E-state index contributed by atoms with van der Waals surface area (Å²) in [5.41, 5.74) is 1.06. The summed E-state index contributed by atoms with van der Waals surface area (Å²) in [5, 5.41) is 0.799. The number of rotatable bonds is 0. The van der Waals surface area contributed by atoms with Crippen molar-refractivity contribution in [1.29, 1.82) is 0 Å². The van der Waals surface area contributed by atoms with Crippen molar-refractivity contribution in [1.82, 2.24) is 4.40 Å². The van der Waals surface area contributed by atoms with E-state index in [-0.39, 0.29) is 0 Å². The Morgan fingerprint density at radius 2 is 1.80 bits per heavy atom. The fraction of sp³-hybridized carbons (Fsp3) is 0. The van der Waals surface area contributed by atoms with Crippen molar-refractivity contribution in [3.63, 3.8) is 0 Å². The quantitative estimate of drug-likeness (QED) is 0.545. The molecular weight excluding hydrogens is 146 g/mol. The summed E-state index contributed by atoms with van der Waals surface area (Å²) in [4.78, 5) is 0. The monoisotopic (exact) mass is 151 g/mol. The number of fused-ring (bicyclic) bond motifs is 1. The average Bonchev–Trinajstić information content (AvgIpc) is 2.36. The molecule has 2 heterocycles. The van der Waals surface area contributed by atoms with Gasteiger partial charge in [0, 0.05) is 12.4 Å². The SMILES string of the molecule is Clc1cccn2cccc12. The van der Waals surface area contributed by atoms with Crippen LogP contribution in [0.2, 0.25) is 5.02 Å². The molecule has 0 bridgehead atoms. The number of halogens is 1. The number of nitrogens with zero attached hydrogens (tertiary/aromatic N) is 1. The molecule has 2 heteroatoms. The summed E-state index contributed by atoms with van der Waals surface area (Å²) >= 11 is 5.88. The first kappa shape index (κ1) is 5.81. The normalized spacial score (nSPS) is 10.5. The Morgan fingerprint density at radius 3 is 2.50 bits per heavy atom. The maximum Gasteiger partial charge on any atom is 0.0646 e. The van der Waals surface area contributed by atoms with E-state index in [2.05, 4.69) is 0 Å². The summed E-state index contributed by atoms with van der Waals surface area (Å²) in [7, 11) is 0. The zero-order valence-electron chi connectivity index (χ0n) is 5.29. The summed E-state index contributed by atoms with van der Waals surface area (Å²) in [6.07, 6.45) is 3.95. The molecule has 0 fully saturated rings. The lowest BCUT2D eigenvalue weighted by Crippen LogP contribution is -1.78. The predicted octanol–water partition coefficient (Wildman–Crippen LogP) is 2.59. The molecule has 0 aromatic carbocycles. The van der Waals surface area contributed by atoms with E-state index >= 15 is 0 Å². The minimum atomic E-state index is 0.799. The topological polar surface area (TPSA) is 4.41 Å². The molecule has 0 unspecified atom stereocenters. The largest absolute Gasteiger partial charge is 0.322 e. The molecule has 0 aliphatic heterocycles. The highest BCUT2D eigenvalue weighted by Gasteiger charge is 1.93. The lowest BCUT2D eigenvalue weighted by atomic mass is 10.4. The number of hydrogen-bond acceptors (Lipinski definition) is 0. The van der Waals surface area contributed by atoms with Crippen molar-refractivity contribution in [3.05, 3.63) is 41.7 Å². The van der Waals surface area contributed by atoms with Crippen molar-refractivity contribution >= 4 is 17.1 Å². The molecule has 1 nitrogen and oxygen atoms in total. The van der Waals surface area contributed by atoms with Crippen LogP contribution in [0.5, 0.6) is 0 Å². The van der Waals surface area contributed by atoms with Crippen LogP contribution in [0.1, 0.15) is 0 Å². The van der Waals surface area contributed by atoms with Crippen LogP contribution in [0.15, 0.2) is 36.7 Å². The summed E-state index contributed by atoms with van der Waals surface area (Å²) in [6, 6.07) is 7.77. The Bertz CT molecular complexity index is 351. The number of pyridine rings is 1. The van der Waals surface area contributed by atoms with Gasteiger partial charge in [-0.05, 0) is 24.3 Å². The lowest BCUT2D eigenvalue weighted by Gasteiger charge is -1.93. The van der Waals surface area contributed by atoms with Gasteiger partial charge in [0.1, 0.15) is 0 Å². The zero-order valence-corrected chi connectivity index (χ0v) is 6.05. The molecule has 50 valence electrons. The van der Waals surface area contributed by atoms with Gasteiger partial charge in [-0.25, -0.2) is 0 Å². The highest BCUT2D eigenvalue weighted by atomic mass is 35.5. The summed E-state index contributed by atoms with van der Waals surface area (Å²) in [5.74, 6) is 0. The third-order valence-corrected chi connectivity index (χ3v) is 1.83. The average molecular weight is 152 g/mol. The van der Waals surface area contributed by atoms with Crippen LogP contribution >= 0.6 is 11.6 Å². The van der Waals surface area contributed by atoms with Gasteiger partial charge in [0.15, 0.2) is 0 Å². The molecule has 0 atom stereocenters. The van der Waals surface area contributed by atoms with Gasteiger partial charge >= 0.3 is 0 Å². The van der Waals surface area contributed by atoms with Gasteiger partial charge in [-0.1, -0.05) is 11.6 Å². The summed E-state index contributed by atoms with van der Waals surface area (Å²) in [6.45, 7) is 0. The van der Waals surface area contributed by atoms with Gasteiger partial charge in [-0.3, -0.25) is 0 Å². The minimum Gasteiger partial charge on any atom is -0.322 e. The first-order valence-electron chi connectivity index (χ1n) is 3.09. The van der Waals surface area contributed by atoms with Gasteiger partial charge < -0.3 is 4.40 Å². The molecule has 0 radical (unpaired) electrons. The fourth-order valence-electron chi connectivity index (χ4n) is 1.03.